The smallest absolute Gasteiger partial charge is 0.306 e. The van der Waals surface area contributed by atoms with Crippen molar-refractivity contribution in [2.75, 3.05) is 7.11 Å². The Morgan fingerprint density at radius 3 is 2.12 bits per heavy atom. The largest absolute Gasteiger partial charge is 0.469 e. The minimum atomic E-state index is -0.355. The molecule has 0 aliphatic carbocycles. The zero-order valence-corrected chi connectivity index (χ0v) is 11.1. The highest BCUT2D eigenvalue weighted by Gasteiger charge is 2.24. The first kappa shape index (κ1) is 14.9. The fourth-order valence-corrected chi connectivity index (χ4v) is 0.998. The first-order valence-corrected chi connectivity index (χ1v) is 5.55. The normalized spacial score (nSPS) is 15.1. The van der Waals surface area contributed by atoms with Gasteiger partial charge in [0.05, 0.1) is 13.5 Å². The number of amides is 1. The van der Waals surface area contributed by atoms with Crippen LogP contribution < -0.4 is 5.32 Å². The highest BCUT2D eigenvalue weighted by atomic mass is 16.5. The van der Waals surface area contributed by atoms with Crippen molar-refractivity contribution in [1.29, 1.82) is 0 Å². The quantitative estimate of drug-likeness (QED) is 0.747. The van der Waals surface area contributed by atoms with Crippen molar-refractivity contribution < 1.29 is 14.3 Å². The Morgan fingerprint density at radius 2 is 1.75 bits per heavy atom. The van der Waals surface area contributed by atoms with E-state index in [1.54, 1.807) is 6.92 Å². The lowest BCUT2D eigenvalue weighted by Gasteiger charge is -2.29. The van der Waals surface area contributed by atoms with Gasteiger partial charge in [0, 0.05) is 12.0 Å². The molecule has 4 nitrogen and oxygen atoms in total. The molecule has 0 saturated carbocycles. The van der Waals surface area contributed by atoms with Crippen molar-refractivity contribution in [3.63, 3.8) is 0 Å². The molecule has 0 saturated heterocycles. The number of nitrogens with one attached hydrogen (secondary N) is 1. The third-order valence-electron chi connectivity index (χ3n) is 2.81. The van der Waals surface area contributed by atoms with Crippen LogP contribution in [0.5, 0.6) is 0 Å². The van der Waals surface area contributed by atoms with E-state index < -0.39 is 0 Å². The lowest BCUT2D eigenvalue weighted by molar-refractivity contribution is -0.144. The summed E-state index contributed by atoms with van der Waals surface area (Å²) in [5.41, 5.74) is 0.0145. The second kappa shape index (κ2) is 5.87. The van der Waals surface area contributed by atoms with Gasteiger partial charge in [-0.25, -0.2) is 0 Å². The van der Waals surface area contributed by atoms with Gasteiger partial charge in [-0.15, -0.1) is 0 Å². The van der Waals surface area contributed by atoms with Gasteiger partial charge in [-0.05, 0) is 12.3 Å². The van der Waals surface area contributed by atoms with E-state index in [1.807, 2.05) is 6.92 Å². The fraction of sp³-hybridized carbons (Fsp3) is 0.833. The van der Waals surface area contributed by atoms with Crippen LogP contribution in [0.3, 0.4) is 0 Å². The molecule has 0 bridgehead atoms. The standard InChI is InChI=1S/C12H23NO3/c1-8(7-10(14)16-6)11(15)13-9(2)12(3,4)5/h8-9H,7H2,1-6H3,(H,13,15). The van der Waals surface area contributed by atoms with E-state index >= 15 is 0 Å². The first-order chi connectivity index (χ1) is 7.18. The van der Waals surface area contributed by atoms with Crippen molar-refractivity contribution in [2.24, 2.45) is 11.3 Å². The Hall–Kier alpha value is -1.06. The zero-order valence-electron chi connectivity index (χ0n) is 11.1. The third kappa shape index (κ3) is 5.14. The lowest BCUT2D eigenvalue weighted by atomic mass is 9.87. The summed E-state index contributed by atoms with van der Waals surface area (Å²) in [5.74, 6) is -0.809. The molecule has 1 amide bonds. The predicted octanol–water partition coefficient (Wildman–Crippen LogP) is 1.74. The summed E-state index contributed by atoms with van der Waals surface area (Å²) in [5, 5.41) is 2.90. The molecule has 0 rings (SSSR count). The first-order valence-electron chi connectivity index (χ1n) is 5.55. The van der Waals surface area contributed by atoms with Crippen molar-refractivity contribution in [3.8, 4) is 0 Å². The minimum absolute atomic E-state index is 0.0145. The molecule has 4 heteroatoms. The van der Waals surface area contributed by atoms with E-state index in [0.29, 0.717) is 0 Å². The van der Waals surface area contributed by atoms with Crippen LogP contribution in [0.2, 0.25) is 0 Å². The third-order valence-corrected chi connectivity index (χ3v) is 2.81. The minimum Gasteiger partial charge on any atom is -0.469 e. The van der Waals surface area contributed by atoms with Crippen LogP contribution in [0.15, 0.2) is 0 Å². The Balaban J connectivity index is 4.21. The van der Waals surface area contributed by atoms with Gasteiger partial charge in [0.2, 0.25) is 5.91 Å². The van der Waals surface area contributed by atoms with E-state index in [4.69, 9.17) is 0 Å². The molecule has 0 aliphatic heterocycles. The maximum absolute atomic E-state index is 11.7. The molecule has 1 N–H and O–H groups in total. The number of methoxy groups -OCH3 is 1. The number of ether oxygens (including phenoxy) is 1. The average Bonchev–Trinajstić information content (AvgIpc) is 2.15. The summed E-state index contributed by atoms with van der Waals surface area (Å²) in [7, 11) is 1.32. The Kier molecular flexibility index (Phi) is 5.48. The van der Waals surface area contributed by atoms with Crippen LogP contribution in [0.1, 0.15) is 41.0 Å². The molecule has 0 fully saturated rings. The molecule has 0 aromatic rings. The molecular weight excluding hydrogens is 206 g/mol. The van der Waals surface area contributed by atoms with Crippen LogP contribution in [-0.2, 0) is 14.3 Å². The molecule has 0 spiro atoms. The molecule has 16 heavy (non-hydrogen) atoms. The van der Waals surface area contributed by atoms with Gasteiger partial charge in [-0.3, -0.25) is 9.59 Å². The summed E-state index contributed by atoms with van der Waals surface area (Å²) in [6, 6.07) is 0.0695. The van der Waals surface area contributed by atoms with Gasteiger partial charge < -0.3 is 10.1 Å². The zero-order chi connectivity index (χ0) is 12.9. The van der Waals surface area contributed by atoms with Crippen molar-refractivity contribution in [3.05, 3.63) is 0 Å². The number of esters is 1. The van der Waals surface area contributed by atoms with Crippen molar-refractivity contribution in [2.45, 2.75) is 47.1 Å². The molecule has 2 atom stereocenters. The van der Waals surface area contributed by atoms with Crippen molar-refractivity contribution >= 4 is 11.9 Å². The van der Waals surface area contributed by atoms with Gasteiger partial charge in [-0.1, -0.05) is 27.7 Å². The van der Waals surface area contributed by atoms with Gasteiger partial charge >= 0.3 is 5.97 Å². The number of carbonyl (C=O) groups is 2. The lowest BCUT2D eigenvalue weighted by Crippen LogP contribution is -2.44. The predicted molar refractivity (Wildman–Crippen MR) is 62.9 cm³/mol. The van der Waals surface area contributed by atoms with E-state index in [-0.39, 0.29) is 35.7 Å². The van der Waals surface area contributed by atoms with Gasteiger partial charge in [0.1, 0.15) is 0 Å². The molecule has 0 aromatic carbocycles. The summed E-state index contributed by atoms with van der Waals surface area (Å²) >= 11 is 0. The summed E-state index contributed by atoms with van der Waals surface area (Å²) in [6.07, 6.45) is 0.124. The van der Waals surface area contributed by atoms with Crippen LogP contribution in [-0.4, -0.2) is 25.0 Å². The van der Waals surface area contributed by atoms with Gasteiger partial charge in [-0.2, -0.15) is 0 Å². The van der Waals surface area contributed by atoms with E-state index in [0.717, 1.165) is 0 Å². The molecular formula is C12H23NO3. The molecule has 94 valence electrons. The van der Waals surface area contributed by atoms with Crippen LogP contribution >= 0.6 is 0 Å². The second-order valence-corrected chi connectivity index (χ2v) is 5.28. The van der Waals surface area contributed by atoms with Crippen molar-refractivity contribution in [1.82, 2.24) is 5.32 Å². The number of hydrogen-bond acceptors (Lipinski definition) is 3. The SMILES string of the molecule is COC(=O)CC(C)C(=O)NC(C)C(C)(C)C. The average molecular weight is 229 g/mol. The molecule has 2 unspecified atom stereocenters. The molecule has 0 heterocycles. The monoisotopic (exact) mass is 229 g/mol. The number of hydrogen-bond donors (Lipinski definition) is 1. The second-order valence-electron chi connectivity index (χ2n) is 5.28. The van der Waals surface area contributed by atoms with Gasteiger partial charge in [0.25, 0.3) is 0 Å². The van der Waals surface area contributed by atoms with Gasteiger partial charge in [0.15, 0.2) is 0 Å². The van der Waals surface area contributed by atoms with Crippen LogP contribution in [0.4, 0.5) is 0 Å². The maximum atomic E-state index is 11.7. The Morgan fingerprint density at radius 1 is 1.25 bits per heavy atom. The maximum Gasteiger partial charge on any atom is 0.306 e. The van der Waals surface area contributed by atoms with Crippen LogP contribution in [0.25, 0.3) is 0 Å². The van der Waals surface area contributed by atoms with E-state index in [1.165, 1.54) is 7.11 Å². The fourth-order valence-electron chi connectivity index (χ4n) is 0.998. The Labute approximate surface area is 97.7 Å². The van der Waals surface area contributed by atoms with Crippen LogP contribution in [0, 0.1) is 11.3 Å². The highest BCUT2D eigenvalue weighted by Crippen LogP contribution is 2.19. The number of rotatable bonds is 4. The van der Waals surface area contributed by atoms with E-state index in [9.17, 15) is 9.59 Å². The topological polar surface area (TPSA) is 55.4 Å². The molecule has 0 aliphatic rings. The highest BCUT2D eigenvalue weighted by molar-refractivity contribution is 5.83. The molecule has 0 aromatic heterocycles. The Bertz CT molecular complexity index is 255. The van der Waals surface area contributed by atoms with E-state index in [2.05, 4.69) is 30.8 Å². The summed E-state index contributed by atoms with van der Waals surface area (Å²) in [6.45, 7) is 9.86. The summed E-state index contributed by atoms with van der Waals surface area (Å²) < 4.78 is 4.52. The number of carbonyl (C=O) groups excluding carboxylic acids is 2. The molecule has 0 radical (unpaired) electrons. The summed E-state index contributed by atoms with van der Waals surface area (Å²) in [4.78, 5) is 22.7.